The number of hydrogen-bond acceptors (Lipinski definition) is 4. The number of carbonyl (C=O) groups is 1. The molecule has 0 aliphatic heterocycles. The quantitative estimate of drug-likeness (QED) is 0.478. The van der Waals surface area contributed by atoms with Crippen molar-refractivity contribution in [1.29, 1.82) is 0 Å². The zero-order valence-corrected chi connectivity index (χ0v) is 10.2. The molecule has 0 fully saturated rings. The van der Waals surface area contributed by atoms with Crippen molar-refractivity contribution in [1.82, 2.24) is 0 Å². The highest BCUT2D eigenvalue weighted by molar-refractivity contribution is 5.94. The first-order chi connectivity index (χ1) is 9.06. The van der Waals surface area contributed by atoms with Crippen molar-refractivity contribution in [3.05, 3.63) is 64.0 Å². The Labute approximate surface area is 109 Å². The lowest BCUT2D eigenvalue weighted by atomic mass is 10.1. The van der Waals surface area contributed by atoms with Crippen LogP contribution in [0.1, 0.15) is 23.0 Å². The number of ketones is 1. The molecule has 5 heteroatoms. The van der Waals surface area contributed by atoms with Crippen LogP contribution in [0.15, 0.2) is 47.0 Å². The van der Waals surface area contributed by atoms with E-state index >= 15 is 0 Å². The summed E-state index contributed by atoms with van der Waals surface area (Å²) in [5, 5.41) is 10.2. The van der Waals surface area contributed by atoms with Crippen LogP contribution in [-0.4, -0.2) is 10.7 Å². The molecule has 1 heterocycles. The molecule has 96 valence electrons. The molecular formula is C14H11NO4. The van der Waals surface area contributed by atoms with Crippen molar-refractivity contribution in [3.8, 4) is 11.3 Å². The van der Waals surface area contributed by atoms with E-state index in [0.29, 0.717) is 17.1 Å². The first kappa shape index (κ1) is 12.8. The number of Topliss-reactive ketones (excluding diaryl/α,β-unsaturated/α-hetero) is 1. The van der Waals surface area contributed by atoms with Gasteiger partial charge >= 0.3 is 0 Å². The van der Waals surface area contributed by atoms with E-state index in [-0.39, 0.29) is 5.78 Å². The minimum atomic E-state index is -0.552. The van der Waals surface area contributed by atoms with Gasteiger partial charge in [-0.2, -0.15) is 0 Å². The molecule has 2 rings (SSSR count). The minimum Gasteiger partial charge on any atom is -0.457 e. The smallest absolute Gasteiger partial charge is 0.238 e. The van der Waals surface area contributed by atoms with Gasteiger partial charge in [0.25, 0.3) is 0 Å². The van der Waals surface area contributed by atoms with Crippen LogP contribution >= 0.6 is 0 Å². The van der Waals surface area contributed by atoms with E-state index in [4.69, 9.17) is 4.42 Å². The average molecular weight is 257 g/mol. The summed E-state index contributed by atoms with van der Waals surface area (Å²) >= 11 is 0. The fourth-order valence-electron chi connectivity index (χ4n) is 1.60. The Balaban J connectivity index is 2.23. The topological polar surface area (TPSA) is 73.3 Å². The third-order valence-corrected chi connectivity index (χ3v) is 2.56. The Morgan fingerprint density at radius 2 is 1.89 bits per heavy atom. The van der Waals surface area contributed by atoms with Crippen LogP contribution in [0.2, 0.25) is 0 Å². The molecule has 0 bridgehead atoms. The first-order valence-electron chi connectivity index (χ1n) is 5.59. The van der Waals surface area contributed by atoms with E-state index in [9.17, 15) is 14.9 Å². The monoisotopic (exact) mass is 257 g/mol. The third kappa shape index (κ3) is 3.16. The number of rotatable bonds is 4. The summed E-state index contributed by atoms with van der Waals surface area (Å²) in [4.78, 5) is 20.8. The highest BCUT2D eigenvalue weighted by Crippen LogP contribution is 2.23. The molecule has 0 atom stereocenters. The normalized spacial score (nSPS) is 10.8. The minimum absolute atomic E-state index is 0.000556. The Morgan fingerprint density at radius 3 is 2.47 bits per heavy atom. The Morgan fingerprint density at radius 1 is 1.21 bits per heavy atom. The predicted molar refractivity (Wildman–Crippen MR) is 70.2 cm³/mol. The molecule has 0 N–H and O–H groups in total. The van der Waals surface area contributed by atoms with Gasteiger partial charge in [0.15, 0.2) is 5.78 Å². The average Bonchev–Trinajstić information content (AvgIpc) is 2.85. The van der Waals surface area contributed by atoms with Gasteiger partial charge in [-0.25, -0.2) is 0 Å². The summed E-state index contributed by atoms with van der Waals surface area (Å²) in [6, 6.07) is 10.4. The summed E-state index contributed by atoms with van der Waals surface area (Å²) in [6.07, 6.45) is 2.11. The number of carbonyl (C=O) groups excluding carboxylic acids is 1. The van der Waals surface area contributed by atoms with Crippen molar-refractivity contribution in [3.63, 3.8) is 0 Å². The molecule has 1 aromatic carbocycles. The van der Waals surface area contributed by atoms with Gasteiger partial charge in [-0.05, 0) is 19.1 Å². The molecule has 2 aromatic rings. The number of furan rings is 1. The molecule has 0 spiro atoms. The maximum absolute atomic E-state index is 11.1. The maximum Gasteiger partial charge on any atom is 0.238 e. The fraction of sp³-hybridized carbons (Fsp3) is 0.0714. The van der Waals surface area contributed by atoms with E-state index in [2.05, 4.69) is 0 Å². The summed E-state index contributed by atoms with van der Waals surface area (Å²) in [7, 11) is 0. The Kier molecular flexibility index (Phi) is 3.56. The first-order valence-corrected chi connectivity index (χ1v) is 5.59. The lowest BCUT2D eigenvalue weighted by Crippen LogP contribution is -1.90. The highest BCUT2D eigenvalue weighted by Gasteiger charge is 2.05. The SMILES string of the molecule is CC(=O)c1ccc(-c2ccc(/C=C/[N+](=O)[O-])o2)cc1. The zero-order chi connectivity index (χ0) is 13.8. The number of nitro groups is 1. The van der Waals surface area contributed by atoms with Crippen molar-refractivity contribution in [2.75, 3.05) is 0 Å². The molecule has 19 heavy (non-hydrogen) atoms. The van der Waals surface area contributed by atoms with Crippen molar-refractivity contribution in [2.24, 2.45) is 0 Å². The van der Waals surface area contributed by atoms with E-state index in [1.165, 1.54) is 13.0 Å². The van der Waals surface area contributed by atoms with Crippen LogP contribution in [0.25, 0.3) is 17.4 Å². The van der Waals surface area contributed by atoms with Crippen LogP contribution < -0.4 is 0 Å². The number of nitrogens with zero attached hydrogens (tertiary/aromatic N) is 1. The second kappa shape index (κ2) is 5.30. The number of benzene rings is 1. The van der Waals surface area contributed by atoms with Gasteiger partial charge in [-0.1, -0.05) is 24.3 Å². The van der Waals surface area contributed by atoms with Gasteiger partial charge in [0, 0.05) is 11.1 Å². The van der Waals surface area contributed by atoms with Crippen LogP contribution in [0.3, 0.4) is 0 Å². The van der Waals surface area contributed by atoms with Crippen LogP contribution in [0, 0.1) is 10.1 Å². The lowest BCUT2D eigenvalue weighted by molar-refractivity contribution is -0.401. The zero-order valence-electron chi connectivity index (χ0n) is 10.2. The van der Waals surface area contributed by atoms with Gasteiger partial charge < -0.3 is 4.42 Å². The molecule has 5 nitrogen and oxygen atoms in total. The van der Waals surface area contributed by atoms with E-state index in [1.807, 2.05) is 0 Å². The molecule has 0 unspecified atom stereocenters. The summed E-state index contributed by atoms with van der Waals surface area (Å²) in [5.74, 6) is 1.00. The number of hydrogen-bond donors (Lipinski definition) is 0. The second-order valence-electron chi connectivity index (χ2n) is 3.94. The molecular weight excluding hydrogens is 246 g/mol. The summed E-state index contributed by atoms with van der Waals surface area (Å²) in [6.45, 7) is 1.50. The summed E-state index contributed by atoms with van der Waals surface area (Å²) in [5.41, 5.74) is 1.44. The maximum atomic E-state index is 11.1. The Bertz CT molecular complexity index is 638. The van der Waals surface area contributed by atoms with E-state index in [0.717, 1.165) is 11.8 Å². The van der Waals surface area contributed by atoms with Gasteiger partial charge in [0.2, 0.25) is 6.20 Å². The van der Waals surface area contributed by atoms with Crippen LogP contribution in [0.5, 0.6) is 0 Å². The van der Waals surface area contributed by atoms with Crippen LogP contribution in [-0.2, 0) is 0 Å². The standard InChI is InChI=1S/C14H11NO4/c1-10(16)11-2-4-12(5-3-11)14-7-6-13(19-14)8-9-15(17)18/h2-9H,1H3/b9-8+. The summed E-state index contributed by atoms with van der Waals surface area (Å²) < 4.78 is 5.44. The largest absolute Gasteiger partial charge is 0.457 e. The van der Waals surface area contributed by atoms with Crippen LogP contribution in [0.4, 0.5) is 0 Å². The molecule has 0 saturated heterocycles. The predicted octanol–water partition coefficient (Wildman–Crippen LogP) is 3.40. The van der Waals surface area contributed by atoms with Crippen molar-refractivity contribution in [2.45, 2.75) is 6.92 Å². The fourth-order valence-corrected chi connectivity index (χ4v) is 1.60. The molecule has 0 aliphatic carbocycles. The molecule has 1 aromatic heterocycles. The molecule has 0 aliphatic rings. The molecule has 0 amide bonds. The van der Waals surface area contributed by atoms with Gasteiger partial charge in [-0.3, -0.25) is 14.9 Å². The van der Waals surface area contributed by atoms with Gasteiger partial charge in [0.05, 0.1) is 11.0 Å². The van der Waals surface area contributed by atoms with Gasteiger partial charge in [-0.15, -0.1) is 0 Å². The highest BCUT2D eigenvalue weighted by atomic mass is 16.6. The van der Waals surface area contributed by atoms with Crippen molar-refractivity contribution >= 4 is 11.9 Å². The third-order valence-electron chi connectivity index (χ3n) is 2.56. The second-order valence-corrected chi connectivity index (χ2v) is 3.94. The van der Waals surface area contributed by atoms with Gasteiger partial charge in [0.1, 0.15) is 11.5 Å². The lowest BCUT2D eigenvalue weighted by Gasteiger charge is -1.98. The Hall–Kier alpha value is -2.69. The van der Waals surface area contributed by atoms with E-state index < -0.39 is 4.92 Å². The van der Waals surface area contributed by atoms with Crippen molar-refractivity contribution < 1.29 is 14.1 Å². The van der Waals surface area contributed by atoms with E-state index in [1.54, 1.807) is 36.4 Å². The molecule has 0 saturated carbocycles. The molecule has 0 radical (unpaired) electrons.